The molecule has 0 spiro atoms. The maximum atomic E-state index is 12.7. The van der Waals surface area contributed by atoms with E-state index in [-0.39, 0.29) is 19.1 Å². The third-order valence-electron chi connectivity index (χ3n) is 5.14. The minimum atomic E-state index is -0.451. The van der Waals surface area contributed by atoms with E-state index in [1.807, 2.05) is 29.6 Å². The Labute approximate surface area is 192 Å². The number of hydrogen-bond acceptors (Lipinski definition) is 8. The average molecular weight is 462 g/mol. The molecule has 1 saturated heterocycles. The first-order chi connectivity index (χ1) is 15.6. The molecule has 0 atom stereocenters. The number of carbonyl (C=O) groups excluding carboxylic acids is 2. The second-order valence-electron chi connectivity index (χ2n) is 7.33. The lowest BCUT2D eigenvalue weighted by Gasteiger charge is -2.26. The summed E-state index contributed by atoms with van der Waals surface area (Å²) in [6.45, 7) is 7.44. The van der Waals surface area contributed by atoms with Gasteiger partial charge in [0.05, 0.1) is 33.5 Å². The average Bonchev–Trinajstić information content (AvgIpc) is 3.23. The van der Waals surface area contributed by atoms with Crippen molar-refractivity contribution in [3.63, 3.8) is 0 Å². The van der Waals surface area contributed by atoms with Crippen molar-refractivity contribution in [1.82, 2.24) is 10.2 Å². The summed E-state index contributed by atoms with van der Waals surface area (Å²) >= 11 is 1.32. The van der Waals surface area contributed by atoms with E-state index in [0.717, 1.165) is 62.7 Å². The first-order valence-electron chi connectivity index (χ1n) is 10.9. The number of anilines is 1. The van der Waals surface area contributed by atoms with E-state index in [2.05, 4.69) is 15.5 Å². The largest absolute Gasteiger partial charge is 0.497 e. The molecule has 1 amide bonds. The van der Waals surface area contributed by atoms with Crippen molar-refractivity contribution in [2.45, 2.75) is 13.3 Å². The molecule has 1 aromatic heterocycles. The molecule has 1 fully saturated rings. The van der Waals surface area contributed by atoms with Crippen LogP contribution in [-0.4, -0.2) is 76.4 Å². The van der Waals surface area contributed by atoms with Crippen LogP contribution < -0.4 is 15.4 Å². The Morgan fingerprint density at radius 2 is 1.94 bits per heavy atom. The third kappa shape index (κ3) is 6.77. The van der Waals surface area contributed by atoms with Crippen LogP contribution in [0, 0.1) is 0 Å². The van der Waals surface area contributed by atoms with Gasteiger partial charge in [-0.3, -0.25) is 9.69 Å². The van der Waals surface area contributed by atoms with Gasteiger partial charge in [-0.1, -0.05) is 12.1 Å². The number of thiophene rings is 1. The Morgan fingerprint density at radius 3 is 2.62 bits per heavy atom. The molecule has 9 heteroatoms. The molecule has 0 aliphatic carbocycles. The van der Waals surface area contributed by atoms with Crippen LogP contribution in [0.1, 0.15) is 23.7 Å². The van der Waals surface area contributed by atoms with Gasteiger partial charge >= 0.3 is 5.97 Å². The van der Waals surface area contributed by atoms with Gasteiger partial charge in [0.2, 0.25) is 5.91 Å². The van der Waals surface area contributed by atoms with Crippen molar-refractivity contribution in [2.24, 2.45) is 0 Å². The summed E-state index contributed by atoms with van der Waals surface area (Å²) in [6.07, 6.45) is 0.960. The van der Waals surface area contributed by atoms with Crippen molar-refractivity contribution in [3.05, 3.63) is 35.2 Å². The second kappa shape index (κ2) is 12.5. The van der Waals surface area contributed by atoms with Crippen LogP contribution in [0.25, 0.3) is 11.1 Å². The minimum absolute atomic E-state index is 0.182. The van der Waals surface area contributed by atoms with E-state index >= 15 is 0 Å². The quantitative estimate of drug-likeness (QED) is 0.393. The van der Waals surface area contributed by atoms with E-state index in [0.29, 0.717) is 10.6 Å². The fraction of sp³-hybridized carbons (Fsp3) is 0.478. The zero-order valence-electron chi connectivity index (χ0n) is 18.6. The van der Waals surface area contributed by atoms with Gasteiger partial charge in [-0.25, -0.2) is 4.79 Å². The number of nitrogens with zero attached hydrogens (tertiary/aromatic N) is 1. The molecule has 1 aromatic carbocycles. The van der Waals surface area contributed by atoms with Gasteiger partial charge in [-0.2, -0.15) is 0 Å². The van der Waals surface area contributed by atoms with Crippen molar-refractivity contribution in [3.8, 4) is 16.9 Å². The van der Waals surface area contributed by atoms with Gasteiger partial charge in [-0.15, -0.1) is 11.3 Å². The summed E-state index contributed by atoms with van der Waals surface area (Å²) < 4.78 is 15.8. The van der Waals surface area contributed by atoms with Crippen LogP contribution in [0.5, 0.6) is 5.75 Å². The number of benzene rings is 1. The smallest absolute Gasteiger partial charge is 0.341 e. The van der Waals surface area contributed by atoms with Crippen LogP contribution in [-0.2, 0) is 14.3 Å². The number of hydrogen-bond donors (Lipinski definition) is 2. The number of nitrogens with one attached hydrogen (secondary N) is 2. The third-order valence-corrected chi connectivity index (χ3v) is 6.04. The number of ether oxygens (including phenoxy) is 3. The molecule has 1 aliphatic rings. The number of esters is 1. The Kier molecular flexibility index (Phi) is 9.48. The maximum Gasteiger partial charge on any atom is 0.341 e. The molecule has 0 bridgehead atoms. The summed E-state index contributed by atoms with van der Waals surface area (Å²) in [4.78, 5) is 27.5. The summed E-state index contributed by atoms with van der Waals surface area (Å²) in [5.74, 6) is 0.0910. The molecule has 0 radical (unpaired) electrons. The van der Waals surface area contributed by atoms with E-state index in [1.165, 1.54) is 11.3 Å². The maximum absolute atomic E-state index is 12.7. The van der Waals surface area contributed by atoms with E-state index in [1.54, 1.807) is 14.0 Å². The summed E-state index contributed by atoms with van der Waals surface area (Å²) in [7, 11) is 1.61. The molecule has 2 N–H and O–H groups in total. The molecule has 3 rings (SSSR count). The van der Waals surface area contributed by atoms with Crippen molar-refractivity contribution in [2.75, 3.05) is 65.0 Å². The number of morpholine rings is 1. The van der Waals surface area contributed by atoms with Crippen molar-refractivity contribution >= 4 is 28.2 Å². The fourth-order valence-corrected chi connectivity index (χ4v) is 4.44. The topological polar surface area (TPSA) is 89.1 Å². The lowest BCUT2D eigenvalue weighted by atomic mass is 10.0. The predicted octanol–water partition coefficient (Wildman–Crippen LogP) is 2.85. The van der Waals surface area contributed by atoms with Crippen LogP contribution in [0.2, 0.25) is 0 Å². The Bertz CT molecular complexity index is 878. The Hall–Kier alpha value is -2.46. The molecular formula is C23H31N3O5S. The van der Waals surface area contributed by atoms with Crippen molar-refractivity contribution < 1.29 is 23.8 Å². The number of carbonyl (C=O) groups is 2. The van der Waals surface area contributed by atoms with E-state index in [4.69, 9.17) is 14.2 Å². The van der Waals surface area contributed by atoms with Crippen molar-refractivity contribution in [1.29, 1.82) is 0 Å². The second-order valence-corrected chi connectivity index (χ2v) is 8.21. The zero-order chi connectivity index (χ0) is 22.8. The van der Waals surface area contributed by atoms with Gasteiger partial charge in [0.1, 0.15) is 16.3 Å². The first-order valence-corrected chi connectivity index (χ1v) is 11.7. The molecule has 0 unspecified atom stereocenters. The van der Waals surface area contributed by atoms with E-state index in [9.17, 15) is 9.59 Å². The van der Waals surface area contributed by atoms with E-state index < -0.39 is 5.97 Å². The standard InChI is InChI=1S/C23H31N3O5S/c1-3-31-23(28)21-19(17-5-7-18(29-2)8-6-17)16-32-22(21)25-20(27)15-24-9-4-10-26-11-13-30-14-12-26/h5-8,16,24H,3-4,9-15H2,1-2H3,(H,25,27). The van der Waals surface area contributed by atoms with Gasteiger partial charge in [0, 0.05) is 24.0 Å². The monoisotopic (exact) mass is 461 g/mol. The molecular weight excluding hydrogens is 430 g/mol. The van der Waals surface area contributed by atoms with Gasteiger partial charge in [0.15, 0.2) is 0 Å². The summed E-state index contributed by atoms with van der Waals surface area (Å²) in [5, 5.41) is 8.40. The van der Waals surface area contributed by atoms with Gasteiger partial charge in [0.25, 0.3) is 0 Å². The predicted molar refractivity (Wildman–Crippen MR) is 126 cm³/mol. The highest BCUT2D eigenvalue weighted by molar-refractivity contribution is 7.15. The number of amides is 1. The molecule has 174 valence electrons. The fourth-order valence-electron chi connectivity index (χ4n) is 3.46. The summed E-state index contributed by atoms with van der Waals surface area (Å²) in [6, 6.07) is 7.43. The first kappa shape index (κ1) is 24.2. The van der Waals surface area contributed by atoms with Crippen LogP contribution in [0.15, 0.2) is 29.6 Å². The molecule has 0 saturated carbocycles. The van der Waals surface area contributed by atoms with Crippen LogP contribution in [0.4, 0.5) is 5.00 Å². The molecule has 2 heterocycles. The van der Waals surface area contributed by atoms with Crippen LogP contribution in [0.3, 0.4) is 0 Å². The summed E-state index contributed by atoms with van der Waals surface area (Å²) in [5.41, 5.74) is 1.96. The number of rotatable bonds is 11. The highest BCUT2D eigenvalue weighted by atomic mass is 32.1. The van der Waals surface area contributed by atoms with Gasteiger partial charge in [-0.05, 0) is 44.1 Å². The normalized spacial score (nSPS) is 14.2. The Morgan fingerprint density at radius 1 is 1.19 bits per heavy atom. The number of methoxy groups -OCH3 is 1. The van der Waals surface area contributed by atoms with Gasteiger partial charge < -0.3 is 24.8 Å². The lowest BCUT2D eigenvalue weighted by molar-refractivity contribution is -0.115. The Balaban J connectivity index is 1.57. The lowest BCUT2D eigenvalue weighted by Crippen LogP contribution is -2.38. The van der Waals surface area contributed by atoms with Crippen LogP contribution >= 0.6 is 11.3 Å². The minimum Gasteiger partial charge on any atom is -0.497 e. The molecule has 2 aromatic rings. The molecule has 32 heavy (non-hydrogen) atoms. The molecule has 8 nitrogen and oxygen atoms in total. The highest BCUT2D eigenvalue weighted by Crippen LogP contribution is 2.36. The highest BCUT2D eigenvalue weighted by Gasteiger charge is 2.22. The SMILES string of the molecule is CCOC(=O)c1c(-c2ccc(OC)cc2)csc1NC(=O)CNCCCN1CCOCC1. The zero-order valence-corrected chi connectivity index (χ0v) is 19.5. The molecule has 1 aliphatic heterocycles.